The van der Waals surface area contributed by atoms with Crippen molar-refractivity contribution in [3.05, 3.63) is 52.6 Å². The molecule has 104 valence electrons. The summed E-state index contributed by atoms with van der Waals surface area (Å²) in [5.41, 5.74) is 0.942. The Hall–Kier alpha value is -2.76. The zero-order valence-electron chi connectivity index (χ0n) is 11.1. The van der Waals surface area contributed by atoms with Crippen molar-refractivity contribution in [3.8, 4) is 11.5 Å². The Morgan fingerprint density at radius 2 is 1.75 bits per heavy atom. The van der Waals surface area contributed by atoms with Crippen LogP contribution in [0.1, 0.15) is 0 Å². The molecule has 0 fully saturated rings. The number of hydrogen-bond donors (Lipinski definition) is 1. The van der Waals surface area contributed by atoms with Crippen molar-refractivity contribution in [2.75, 3.05) is 19.5 Å². The van der Waals surface area contributed by atoms with Gasteiger partial charge in [-0.15, -0.1) is 0 Å². The highest BCUT2D eigenvalue weighted by molar-refractivity contribution is 5.76. The first kappa shape index (κ1) is 13.7. The lowest BCUT2D eigenvalue weighted by atomic mass is 10.2. The van der Waals surface area contributed by atoms with Crippen LogP contribution in [-0.2, 0) is 0 Å². The van der Waals surface area contributed by atoms with Gasteiger partial charge in [0.05, 0.1) is 19.1 Å². The van der Waals surface area contributed by atoms with E-state index in [1.165, 1.54) is 14.2 Å². The van der Waals surface area contributed by atoms with Gasteiger partial charge in [-0.1, -0.05) is 18.2 Å². The van der Waals surface area contributed by atoms with E-state index in [4.69, 9.17) is 9.47 Å². The smallest absolute Gasteiger partial charge is 0.338 e. The summed E-state index contributed by atoms with van der Waals surface area (Å²) in [7, 11) is 2.81. The Bertz CT molecular complexity index is 614. The summed E-state index contributed by atoms with van der Waals surface area (Å²) in [4.78, 5) is 10.8. The monoisotopic (exact) mass is 274 g/mol. The second-order valence-corrected chi connectivity index (χ2v) is 3.95. The summed E-state index contributed by atoms with van der Waals surface area (Å²) in [5.74, 6) is 0.413. The van der Waals surface area contributed by atoms with Crippen LogP contribution in [0.4, 0.5) is 17.1 Å². The Morgan fingerprint density at radius 3 is 2.30 bits per heavy atom. The molecule has 0 radical (unpaired) electrons. The van der Waals surface area contributed by atoms with Crippen LogP contribution in [0.15, 0.2) is 42.5 Å². The van der Waals surface area contributed by atoms with Crippen LogP contribution in [-0.4, -0.2) is 19.1 Å². The van der Waals surface area contributed by atoms with Crippen LogP contribution in [0, 0.1) is 10.1 Å². The van der Waals surface area contributed by atoms with Gasteiger partial charge in [-0.2, -0.15) is 0 Å². The maximum Gasteiger partial charge on any atom is 0.338 e. The van der Waals surface area contributed by atoms with Crippen molar-refractivity contribution >= 4 is 17.1 Å². The number of nitrogens with one attached hydrogen (secondary N) is 1. The van der Waals surface area contributed by atoms with Crippen LogP contribution in [0.5, 0.6) is 11.5 Å². The molecule has 1 N–H and O–H groups in total. The second-order valence-electron chi connectivity index (χ2n) is 3.95. The summed E-state index contributed by atoms with van der Waals surface area (Å²) in [5, 5.41) is 14.3. The lowest BCUT2D eigenvalue weighted by molar-refractivity contribution is -0.384. The first-order valence-electron chi connectivity index (χ1n) is 5.88. The van der Waals surface area contributed by atoms with E-state index in [1.54, 1.807) is 12.1 Å². The average Bonchev–Trinajstić information content (AvgIpc) is 2.47. The number of nitro groups is 1. The molecule has 0 spiro atoms. The Kier molecular flexibility index (Phi) is 4.05. The number of rotatable bonds is 5. The molecule has 2 rings (SSSR count). The lowest BCUT2D eigenvalue weighted by Gasteiger charge is -2.12. The Balaban J connectivity index is 2.50. The minimum Gasteiger partial charge on any atom is -0.493 e. The molecule has 2 aromatic rings. The molecule has 6 nitrogen and oxygen atoms in total. The number of benzene rings is 2. The molecule has 20 heavy (non-hydrogen) atoms. The minimum atomic E-state index is -0.493. The molecule has 0 unspecified atom stereocenters. The third kappa shape index (κ3) is 2.64. The molecular formula is C14H14N2O4. The Morgan fingerprint density at radius 1 is 1.05 bits per heavy atom. The van der Waals surface area contributed by atoms with Gasteiger partial charge in [-0.25, -0.2) is 0 Å². The lowest BCUT2D eigenvalue weighted by Crippen LogP contribution is -2.01. The van der Waals surface area contributed by atoms with E-state index in [2.05, 4.69) is 5.32 Å². The molecule has 0 amide bonds. The molecule has 0 bridgehead atoms. The predicted molar refractivity (Wildman–Crippen MR) is 75.9 cm³/mol. The van der Waals surface area contributed by atoms with Crippen LogP contribution >= 0.6 is 0 Å². The van der Waals surface area contributed by atoms with E-state index in [0.29, 0.717) is 11.4 Å². The van der Waals surface area contributed by atoms with Crippen LogP contribution in [0.25, 0.3) is 0 Å². The van der Waals surface area contributed by atoms with E-state index < -0.39 is 4.92 Å². The van der Waals surface area contributed by atoms with Gasteiger partial charge in [0, 0.05) is 5.69 Å². The van der Waals surface area contributed by atoms with Crippen LogP contribution in [0.3, 0.4) is 0 Å². The summed E-state index contributed by atoms with van der Waals surface area (Å²) in [6, 6.07) is 12.4. The zero-order valence-corrected chi connectivity index (χ0v) is 11.1. The number of nitro benzene ring substituents is 1. The highest BCUT2D eigenvalue weighted by Gasteiger charge is 2.25. The average molecular weight is 274 g/mol. The maximum atomic E-state index is 11.3. The van der Waals surface area contributed by atoms with Gasteiger partial charge in [-0.05, 0) is 24.3 Å². The highest BCUT2D eigenvalue weighted by atomic mass is 16.6. The van der Waals surface area contributed by atoms with E-state index >= 15 is 0 Å². The van der Waals surface area contributed by atoms with E-state index in [-0.39, 0.29) is 11.4 Å². The largest absolute Gasteiger partial charge is 0.493 e. The maximum absolute atomic E-state index is 11.3. The first-order valence-corrected chi connectivity index (χ1v) is 5.88. The summed E-state index contributed by atoms with van der Waals surface area (Å²) < 4.78 is 10.2. The fraction of sp³-hybridized carbons (Fsp3) is 0.143. The normalized spacial score (nSPS) is 9.90. The number of ether oxygens (including phenoxy) is 2. The fourth-order valence-corrected chi connectivity index (χ4v) is 1.87. The first-order chi connectivity index (χ1) is 9.67. The quantitative estimate of drug-likeness (QED) is 0.668. The standard InChI is InChI=1S/C14H14N2O4/c1-19-12-9-8-11(13(16(17)18)14(12)20-2)15-10-6-4-3-5-7-10/h3-9,15H,1-2H3. The molecule has 6 heteroatoms. The topological polar surface area (TPSA) is 73.6 Å². The molecule has 0 saturated heterocycles. The van der Waals surface area contributed by atoms with Gasteiger partial charge >= 0.3 is 5.69 Å². The third-order valence-corrected chi connectivity index (χ3v) is 2.75. The molecule has 0 atom stereocenters. The molecule has 0 heterocycles. The van der Waals surface area contributed by atoms with Gasteiger partial charge in [0.15, 0.2) is 5.75 Å². The molecule has 0 saturated carbocycles. The van der Waals surface area contributed by atoms with Gasteiger partial charge in [-0.3, -0.25) is 10.1 Å². The molecule has 0 aromatic heterocycles. The van der Waals surface area contributed by atoms with Crippen molar-refractivity contribution in [3.63, 3.8) is 0 Å². The summed E-state index contributed by atoms with van der Waals surface area (Å²) >= 11 is 0. The van der Waals surface area contributed by atoms with Gasteiger partial charge in [0.1, 0.15) is 5.69 Å². The van der Waals surface area contributed by atoms with E-state index in [9.17, 15) is 10.1 Å². The molecular weight excluding hydrogens is 260 g/mol. The molecule has 0 aliphatic rings. The fourth-order valence-electron chi connectivity index (χ4n) is 1.87. The van der Waals surface area contributed by atoms with Gasteiger partial charge in [0.25, 0.3) is 0 Å². The summed E-state index contributed by atoms with van der Waals surface area (Å²) in [6.07, 6.45) is 0. The molecule has 0 aliphatic carbocycles. The number of para-hydroxylation sites is 1. The van der Waals surface area contributed by atoms with Gasteiger partial charge in [0.2, 0.25) is 5.75 Å². The van der Waals surface area contributed by atoms with Crippen LogP contribution in [0.2, 0.25) is 0 Å². The van der Waals surface area contributed by atoms with Crippen molar-refractivity contribution in [2.24, 2.45) is 0 Å². The number of nitrogens with zero attached hydrogens (tertiary/aromatic N) is 1. The highest BCUT2D eigenvalue weighted by Crippen LogP contribution is 2.43. The number of methoxy groups -OCH3 is 2. The second kappa shape index (κ2) is 5.92. The van der Waals surface area contributed by atoms with E-state index in [0.717, 1.165) is 5.69 Å². The number of hydrogen-bond acceptors (Lipinski definition) is 5. The molecule has 0 aliphatic heterocycles. The third-order valence-electron chi connectivity index (χ3n) is 2.75. The SMILES string of the molecule is COc1ccc(Nc2ccccc2)c([N+](=O)[O-])c1OC. The predicted octanol–water partition coefficient (Wildman–Crippen LogP) is 3.36. The van der Waals surface area contributed by atoms with Crippen LogP contribution < -0.4 is 14.8 Å². The van der Waals surface area contributed by atoms with Crippen molar-refractivity contribution < 1.29 is 14.4 Å². The Labute approximate surface area is 116 Å². The summed E-state index contributed by atoms with van der Waals surface area (Å²) in [6.45, 7) is 0. The van der Waals surface area contributed by atoms with Gasteiger partial charge < -0.3 is 14.8 Å². The number of anilines is 2. The van der Waals surface area contributed by atoms with Crippen molar-refractivity contribution in [1.29, 1.82) is 0 Å². The van der Waals surface area contributed by atoms with E-state index in [1.807, 2.05) is 30.3 Å². The molecule has 2 aromatic carbocycles. The zero-order chi connectivity index (χ0) is 14.5. The minimum absolute atomic E-state index is 0.0958. The van der Waals surface area contributed by atoms with Crippen molar-refractivity contribution in [2.45, 2.75) is 0 Å². The van der Waals surface area contributed by atoms with Crippen molar-refractivity contribution in [1.82, 2.24) is 0 Å².